The highest BCUT2D eigenvalue weighted by molar-refractivity contribution is 5.94. The van der Waals surface area contributed by atoms with Gasteiger partial charge < -0.3 is 46.1 Å². The maximum absolute atomic E-state index is 12.8. The van der Waals surface area contributed by atoms with Gasteiger partial charge in [-0.05, 0) is 78.9 Å². The fourth-order valence-electron chi connectivity index (χ4n) is 6.40. The van der Waals surface area contributed by atoms with Crippen molar-refractivity contribution in [3.8, 4) is 11.5 Å². The molecule has 6 rings (SSSR count). The number of aliphatic hydroxyl groups excluding tert-OH is 1. The number of aliphatic carboxylic acids is 1. The lowest BCUT2D eigenvalue weighted by Gasteiger charge is -2.36. The van der Waals surface area contributed by atoms with Crippen LogP contribution in [0.15, 0.2) is 108 Å². The Balaban J connectivity index is 0.899. The van der Waals surface area contributed by atoms with Crippen molar-refractivity contribution in [1.29, 1.82) is 0 Å². The SMILES string of the molecule is O=C(COc1cccc([C@](O)(C(=O)O)c2ccccc2)c1)N[C@H]1C[C@H](NC(=O)c2ccc(CCNC[C@H](O)c3ccc(O)c4[nH]c(=O)ccc34)cc2)C1. The number of hydrogen-bond donors (Lipinski definition) is 8. The van der Waals surface area contributed by atoms with Crippen molar-refractivity contribution in [2.75, 3.05) is 19.7 Å². The van der Waals surface area contributed by atoms with Gasteiger partial charge >= 0.3 is 5.97 Å². The van der Waals surface area contributed by atoms with Gasteiger partial charge in [0.1, 0.15) is 11.5 Å². The van der Waals surface area contributed by atoms with Crippen molar-refractivity contribution in [2.45, 2.75) is 43.1 Å². The fourth-order valence-corrected chi connectivity index (χ4v) is 6.40. The lowest BCUT2D eigenvalue weighted by molar-refractivity contribution is -0.155. The van der Waals surface area contributed by atoms with Crippen molar-refractivity contribution in [3.05, 3.63) is 141 Å². The number of fused-ring (bicyclic) bond motifs is 1. The van der Waals surface area contributed by atoms with Gasteiger partial charge in [-0.3, -0.25) is 14.4 Å². The first-order valence-corrected chi connectivity index (χ1v) is 17.2. The Morgan fingerprint density at radius 1 is 0.868 bits per heavy atom. The molecule has 53 heavy (non-hydrogen) atoms. The summed E-state index contributed by atoms with van der Waals surface area (Å²) in [6.07, 6.45) is 0.920. The van der Waals surface area contributed by atoms with Gasteiger partial charge in [-0.15, -0.1) is 0 Å². The van der Waals surface area contributed by atoms with Gasteiger partial charge in [0.05, 0.1) is 11.6 Å². The molecule has 0 spiro atoms. The van der Waals surface area contributed by atoms with Crippen LogP contribution in [0.2, 0.25) is 0 Å². The highest BCUT2D eigenvalue weighted by Gasteiger charge is 2.40. The molecule has 0 saturated heterocycles. The van der Waals surface area contributed by atoms with E-state index in [1.54, 1.807) is 54.6 Å². The molecular weight excluding hydrogens is 680 g/mol. The number of phenolic OH excluding ortho intramolecular Hbond substituents is 1. The molecule has 2 atom stereocenters. The van der Waals surface area contributed by atoms with Crippen LogP contribution < -0.4 is 26.2 Å². The Hall–Kier alpha value is -6.02. The Morgan fingerprint density at radius 2 is 1.58 bits per heavy atom. The van der Waals surface area contributed by atoms with E-state index in [2.05, 4.69) is 20.9 Å². The summed E-state index contributed by atoms with van der Waals surface area (Å²) in [5, 5.41) is 51.4. The van der Waals surface area contributed by atoms with Crippen LogP contribution in [-0.4, -0.2) is 75.0 Å². The third-order valence-electron chi connectivity index (χ3n) is 9.37. The number of H-pyrrole nitrogens is 1. The van der Waals surface area contributed by atoms with E-state index < -0.39 is 17.7 Å². The van der Waals surface area contributed by atoms with E-state index in [1.807, 2.05) is 12.1 Å². The number of ether oxygens (including phenoxy) is 1. The summed E-state index contributed by atoms with van der Waals surface area (Å²) in [6.45, 7) is 0.525. The smallest absolute Gasteiger partial charge is 0.345 e. The lowest BCUT2D eigenvalue weighted by Crippen LogP contribution is -2.54. The van der Waals surface area contributed by atoms with Gasteiger partial charge in [0.2, 0.25) is 11.2 Å². The highest BCUT2D eigenvalue weighted by Crippen LogP contribution is 2.32. The van der Waals surface area contributed by atoms with E-state index in [0.29, 0.717) is 42.3 Å². The molecule has 2 amide bonds. The zero-order valence-electron chi connectivity index (χ0n) is 28.6. The number of carboxylic acids is 1. The number of aromatic nitrogens is 1. The summed E-state index contributed by atoms with van der Waals surface area (Å²) in [5.74, 6) is -1.86. The largest absolute Gasteiger partial charge is 0.506 e. The summed E-state index contributed by atoms with van der Waals surface area (Å²) in [5.41, 5.74) is 0.0299. The average molecular weight is 721 g/mol. The highest BCUT2D eigenvalue weighted by atomic mass is 16.5. The average Bonchev–Trinajstić information content (AvgIpc) is 3.15. The van der Waals surface area contributed by atoms with Crippen LogP contribution in [0.3, 0.4) is 0 Å². The van der Waals surface area contributed by atoms with Crippen LogP contribution in [0.5, 0.6) is 11.5 Å². The standard InChI is InChI=1S/C40H40N4O9/c45-33-15-13-31(32-14-16-35(47)44-37(32)33)34(46)22-41-18-17-24-9-11-25(12-10-24)38(49)43-29-20-28(21-29)42-36(48)23-53-30-8-4-7-27(19-30)40(52,39(50)51)26-5-2-1-3-6-26/h1-16,19,28-29,34,41,45-46,52H,17-18,20-23H2,(H,42,48)(H,43,49)(H,44,47)(H,50,51)/t28-,29-,34-,40-/m0/s1. The fraction of sp³-hybridized carbons (Fsp3) is 0.250. The Morgan fingerprint density at radius 3 is 2.32 bits per heavy atom. The van der Waals surface area contributed by atoms with Crippen molar-refractivity contribution >= 4 is 28.7 Å². The molecule has 8 N–H and O–H groups in total. The minimum absolute atomic E-state index is 0.0656. The molecule has 274 valence electrons. The normalized spacial score (nSPS) is 16.9. The zero-order chi connectivity index (χ0) is 37.5. The first-order chi connectivity index (χ1) is 25.5. The number of carboxylic acid groups (broad SMARTS) is 1. The number of nitrogens with one attached hydrogen (secondary N) is 4. The maximum atomic E-state index is 12.8. The number of phenols is 1. The monoisotopic (exact) mass is 720 g/mol. The van der Waals surface area contributed by atoms with Gasteiger partial charge in [0, 0.05) is 41.2 Å². The topological polar surface area (TPSA) is 210 Å². The summed E-state index contributed by atoms with van der Waals surface area (Å²) in [6, 6.07) is 27.0. The number of benzene rings is 4. The number of carbonyl (C=O) groups excluding carboxylic acids is 2. The van der Waals surface area contributed by atoms with E-state index in [9.17, 15) is 39.6 Å². The van der Waals surface area contributed by atoms with Crippen LogP contribution in [0.1, 0.15) is 51.6 Å². The zero-order valence-corrected chi connectivity index (χ0v) is 28.6. The molecule has 1 aromatic heterocycles. The molecule has 4 aromatic carbocycles. The molecule has 0 aliphatic heterocycles. The van der Waals surface area contributed by atoms with Crippen LogP contribution in [0.4, 0.5) is 0 Å². The summed E-state index contributed by atoms with van der Waals surface area (Å²) >= 11 is 0. The van der Waals surface area contributed by atoms with Crippen molar-refractivity contribution in [2.24, 2.45) is 0 Å². The van der Waals surface area contributed by atoms with Crippen LogP contribution >= 0.6 is 0 Å². The number of amides is 2. The summed E-state index contributed by atoms with van der Waals surface area (Å²) < 4.78 is 5.61. The first-order valence-electron chi connectivity index (χ1n) is 17.2. The molecule has 0 bridgehead atoms. The second-order valence-corrected chi connectivity index (χ2v) is 13.1. The number of aliphatic hydroxyl groups is 2. The number of aromatic hydroxyl groups is 1. The third kappa shape index (κ3) is 8.55. The van der Waals surface area contributed by atoms with E-state index in [-0.39, 0.29) is 70.8 Å². The number of pyridine rings is 1. The molecule has 0 unspecified atom stereocenters. The van der Waals surface area contributed by atoms with Gasteiger partial charge in [-0.1, -0.05) is 60.7 Å². The van der Waals surface area contributed by atoms with Crippen LogP contribution in [-0.2, 0) is 21.6 Å². The number of aromatic amines is 1. The second-order valence-electron chi connectivity index (χ2n) is 13.1. The van der Waals surface area contributed by atoms with Gasteiger partial charge in [0.15, 0.2) is 6.61 Å². The van der Waals surface area contributed by atoms with Crippen molar-refractivity contribution < 1.29 is 39.5 Å². The number of carbonyl (C=O) groups is 3. The van der Waals surface area contributed by atoms with E-state index >= 15 is 0 Å². The predicted octanol–water partition coefficient (Wildman–Crippen LogP) is 2.88. The number of rotatable bonds is 15. The van der Waals surface area contributed by atoms with Gasteiger partial charge in [-0.2, -0.15) is 0 Å². The van der Waals surface area contributed by atoms with E-state index in [0.717, 1.165) is 5.56 Å². The molecule has 0 radical (unpaired) electrons. The van der Waals surface area contributed by atoms with Crippen LogP contribution in [0, 0.1) is 0 Å². The van der Waals surface area contributed by atoms with Gasteiger partial charge in [-0.25, -0.2) is 4.79 Å². The Labute approximate surface area is 304 Å². The quantitative estimate of drug-likeness (QED) is 0.0742. The first kappa shape index (κ1) is 36.8. The molecule has 1 aliphatic carbocycles. The molecular formula is C40H40N4O9. The Bertz CT molecular complexity index is 2150. The minimum Gasteiger partial charge on any atom is -0.506 e. The van der Waals surface area contributed by atoms with E-state index in [1.165, 1.54) is 36.4 Å². The molecule has 1 heterocycles. The molecule has 13 heteroatoms. The second kappa shape index (κ2) is 16.1. The minimum atomic E-state index is -2.29. The predicted molar refractivity (Wildman–Crippen MR) is 196 cm³/mol. The maximum Gasteiger partial charge on any atom is 0.345 e. The Kier molecular flexibility index (Phi) is 11.2. The summed E-state index contributed by atoms with van der Waals surface area (Å²) in [7, 11) is 0. The molecule has 13 nitrogen and oxygen atoms in total. The molecule has 1 aliphatic rings. The molecule has 1 saturated carbocycles. The molecule has 5 aromatic rings. The lowest BCUT2D eigenvalue weighted by atomic mass is 9.86. The molecule has 1 fully saturated rings. The van der Waals surface area contributed by atoms with E-state index in [4.69, 9.17) is 4.74 Å². The van der Waals surface area contributed by atoms with Crippen molar-refractivity contribution in [3.63, 3.8) is 0 Å². The van der Waals surface area contributed by atoms with Gasteiger partial charge in [0.25, 0.3) is 11.8 Å². The summed E-state index contributed by atoms with van der Waals surface area (Å²) in [4.78, 5) is 51.7. The third-order valence-corrected chi connectivity index (χ3v) is 9.37. The van der Waals surface area contributed by atoms with Crippen LogP contribution in [0.25, 0.3) is 10.9 Å². The van der Waals surface area contributed by atoms with Crippen molar-refractivity contribution in [1.82, 2.24) is 20.9 Å². The number of hydrogen-bond acceptors (Lipinski definition) is 9.